The van der Waals surface area contributed by atoms with Gasteiger partial charge in [0.1, 0.15) is 11.6 Å². The molecule has 140 valence electrons. The first-order valence-corrected chi connectivity index (χ1v) is 9.37. The van der Waals surface area contributed by atoms with E-state index >= 15 is 0 Å². The van der Waals surface area contributed by atoms with Gasteiger partial charge in [0.2, 0.25) is 5.13 Å². The largest absolute Gasteiger partial charge is 0.435 e. The molecule has 0 saturated carbocycles. The number of ether oxygens (including phenoxy) is 1. The maximum atomic E-state index is 12.9. The number of benzene rings is 2. The molecule has 1 N–H and O–H groups in total. The molecule has 0 spiro atoms. The number of nitrogens with zero attached hydrogens (tertiary/aromatic N) is 2. The van der Waals surface area contributed by atoms with Crippen molar-refractivity contribution in [3.05, 3.63) is 65.5 Å². The minimum absolute atomic E-state index is 0.106. The van der Waals surface area contributed by atoms with Crippen LogP contribution in [0.2, 0.25) is 0 Å². The van der Waals surface area contributed by atoms with Crippen molar-refractivity contribution in [2.45, 2.75) is 16.7 Å². The van der Waals surface area contributed by atoms with Gasteiger partial charge in [0.25, 0.3) is 5.91 Å². The lowest BCUT2D eigenvalue weighted by Crippen LogP contribution is -2.12. The van der Waals surface area contributed by atoms with E-state index in [0.717, 1.165) is 5.56 Å². The van der Waals surface area contributed by atoms with E-state index in [4.69, 9.17) is 0 Å². The lowest BCUT2D eigenvalue weighted by atomic mass is 10.2. The summed E-state index contributed by atoms with van der Waals surface area (Å²) in [7, 11) is 0. The molecule has 0 fully saturated rings. The molecule has 5 nitrogen and oxygen atoms in total. The molecular weight excluding hydrogens is 399 g/mol. The lowest BCUT2D eigenvalue weighted by Gasteiger charge is -2.06. The molecule has 27 heavy (non-hydrogen) atoms. The van der Waals surface area contributed by atoms with Crippen molar-refractivity contribution in [3.63, 3.8) is 0 Å². The molecule has 10 heteroatoms. The van der Waals surface area contributed by atoms with Gasteiger partial charge < -0.3 is 4.74 Å². The second-order valence-electron chi connectivity index (χ2n) is 5.15. The maximum Gasteiger partial charge on any atom is 0.387 e. The van der Waals surface area contributed by atoms with Crippen LogP contribution in [0.4, 0.5) is 18.3 Å². The van der Waals surface area contributed by atoms with Crippen LogP contribution in [0.15, 0.2) is 52.9 Å². The number of halogens is 3. The van der Waals surface area contributed by atoms with E-state index in [2.05, 4.69) is 20.3 Å². The number of amides is 1. The fourth-order valence-electron chi connectivity index (χ4n) is 2.03. The van der Waals surface area contributed by atoms with Gasteiger partial charge in [-0.2, -0.15) is 8.78 Å². The summed E-state index contributed by atoms with van der Waals surface area (Å²) in [5.41, 5.74) is 1.09. The third kappa shape index (κ3) is 5.69. The first-order chi connectivity index (χ1) is 13.0. The predicted molar refractivity (Wildman–Crippen MR) is 96.9 cm³/mol. The first-order valence-electron chi connectivity index (χ1n) is 7.56. The lowest BCUT2D eigenvalue weighted by molar-refractivity contribution is -0.0498. The van der Waals surface area contributed by atoms with Crippen LogP contribution in [-0.4, -0.2) is 22.7 Å². The Bertz CT molecular complexity index is 920. The minimum atomic E-state index is -2.97. The molecule has 0 bridgehead atoms. The van der Waals surface area contributed by atoms with E-state index in [1.165, 1.54) is 59.5 Å². The summed E-state index contributed by atoms with van der Waals surface area (Å²) < 4.78 is 42.3. The van der Waals surface area contributed by atoms with Crippen LogP contribution >= 0.6 is 23.1 Å². The van der Waals surface area contributed by atoms with Crippen LogP contribution < -0.4 is 10.1 Å². The van der Waals surface area contributed by atoms with Crippen LogP contribution in [-0.2, 0) is 5.75 Å². The van der Waals surface area contributed by atoms with Gasteiger partial charge in [-0.3, -0.25) is 10.1 Å². The van der Waals surface area contributed by atoms with Crippen molar-refractivity contribution in [2.75, 3.05) is 5.32 Å². The van der Waals surface area contributed by atoms with Crippen LogP contribution in [0.1, 0.15) is 15.9 Å². The van der Waals surface area contributed by atoms with Crippen molar-refractivity contribution in [1.29, 1.82) is 0 Å². The molecule has 0 aliphatic carbocycles. The van der Waals surface area contributed by atoms with Crippen LogP contribution in [0, 0.1) is 5.82 Å². The zero-order valence-electron chi connectivity index (χ0n) is 13.6. The van der Waals surface area contributed by atoms with Crippen LogP contribution in [0.25, 0.3) is 0 Å². The Balaban J connectivity index is 1.58. The molecule has 3 aromatic rings. The summed E-state index contributed by atoms with van der Waals surface area (Å²) in [6.07, 6.45) is 0. The standard InChI is InChI=1S/C17H12F3N3O2S2/c18-12-6-4-10(5-7-12)9-26-17-23-22-16(27-17)21-14(24)11-2-1-3-13(8-11)25-15(19)20/h1-8,15H,9H2,(H,21,22,24). The molecule has 0 atom stereocenters. The Kier molecular flexibility index (Phi) is 6.30. The highest BCUT2D eigenvalue weighted by Crippen LogP contribution is 2.28. The number of thioether (sulfide) groups is 1. The maximum absolute atomic E-state index is 12.9. The quantitative estimate of drug-likeness (QED) is 0.446. The number of hydrogen-bond acceptors (Lipinski definition) is 6. The molecule has 3 rings (SSSR count). The van der Waals surface area contributed by atoms with E-state index in [1.54, 1.807) is 12.1 Å². The molecule has 1 aromatic heterocycles. The summed E-state index contributed by atoms with van der Waals surface area (Å²) in [5.74, 6) is -0.338. The van der Waals surface area contributed by atoms with Crippen LogP contribution in [0.5, 0.6) is 5.75 Å². The summed E-state index contributed by atoms with van der Waals surface area (Å²) in [6.45, 7) is -2.97. The number of anilines is 1. The topological polar surface area (TPSA) is 64.1 Å². The predicted octanol–water partition coefficient (Wildman–Crippen LogP) is 4.82. The second-order valence-corrected chi connectivity index (χ2v) is 7.35. The van der Waals surface area contributed by atoms with Gasteiger partial charge in [-0.15, -0.1) is 10.2 Å². The SMILES string of the molecule is O=C(Nc1nnc(SCc2ccc(F)cc2)s1)c1cccc(OC(F)F)c1. The highest BCUT2D eigenvalue weighted by atomic mass is 32.2. The Morgan fingerprint density at radius 1 is 1.19 bits per heavy atom. The highest BCUT2D eigenvalue weighted by Gasteiger charge is 2.13. The molecular formula is C17H12F3N3O2S2. The van der Waals surface area contributed by atoms with Gasteiger partial charge in [0.05, 0.1) is 0 Å². The highest BCUT2D eigenvalue weighted by molar-refractivity contribution is 8.00. The third-order valence-electron chi connectivity index (χ3n) is 3.22. The van der Waals surface area contributed by atoms with Gasteiger partial charge in [-0.05, 0) is 35.9 Å². The molecule has 0 unspecified atom stereocenters. The zero-order chi connectivity index (χ0) is 19.2. The smallest absolute Gasteiger partial charge is 0.387 e. The summed E-state index contributed by atoms with van der Waals surface area (Å²) >= 11 is 2.58. The van der Waals surface area contributed by atoms with Gasteiger partial charge in [0.15, 0.2) is 4.34 Å². The zero-order valence-corrected chi connectivity index (χ0v) is 15.2. The van der Waals surface area contributed by atoms with Crippen molar-refractivity contribution in [3.8, 4) is 5.75 Å². The van der Waals surface area contributed by atoms with Gasteiger partial charge in [0, 0.05) is 11.3 Å². The third-order valence-corrected chi connectivity index (χ3v) is 5.27. The number of carbonyl (C=O) groups is 1. The number of nitrogens with one attached hydrogen (secondary N) is 1. The normalized spacial score (nSPS) is 10.8. The van der Waals surface area contributed by atoms with E-state index < -0.39 is 12.5 Å². The van der Waals surface area contributed by atoms with Gasteiger partial charge >= 0.3 is 6.61 Å². The number of hydrogen-bond donors (Lipinski definition) is 1. The van der Waals surface area contributed by atoms with E-state index in [1.807, 2.05) is 0 Å². The van der Waals surface area contributed by atoms with Gasteiger partial charge in [-0.1, -0.05) is 41.3 Å². The number of alkyl halides is 2. The summed E-state index contributed by atoms with van der Waals surface area (Å²) in [6, 6.07) is 11.6. The number of rotatable bonds is 7. The summed E-state index contributed by atoms with van der Waals surface area (Å²) in [4.78, 5) is 12.2. The first kappa shape index (κ1) is 19.2. The number of carbonyl (C=O) groups excluding carboxylic acids is 1. The van der Waals surface area contributed by atoms with Crippen molar-refractivity contribution in [2.24, 2.45) is 0 Å². The minimum Gasteiger partial charge on any atom is -0.435 e. The molecule has 0 saturated heterocycles. The Morgan fingerprint density at radius 2 is 1.96 bits per heavy atom. The van der Waals surface area contributed by atoms with E-state index in [-0.39, 0.29) is 22.3 Å². The fourth-order valence-corrected chi connectivity index (χ4v) is 3.73. The second kappa shape index (κ2) is 8.87. The fraction of sp³-hybridized carbons (Fsp3) is 0.118. The molecule has 0 radical (unpaired) electrons. The Labute approximate surface area is 160 Å². The Morgan fingerprint density at radius 3 is 2.70 bits per heavy atom. The van der Waals surface area contributed by atoms with E-state index in [9.17, 15) is 18.0 Å². The summed E-state index contributed by atoms with van der Waals surface area (Å²) in [5, 5.41) is 10.7. The van der Waals surface area contributed by atoms with Crippen LogP contribution in [0.3, 0.4) is 0 Å². The average molecular weight is 411 g/mol. The molecule has 1 heterocycles. The van der Waals surface area contributed by atoms with Crippen molar-refractivity contribution in [1.82, 2.24) is 10.2 Å². The van der Waals surface area contributed by atoms with E-state index in [0.29, 0.717) is 10.1 Å². The molecule has 1 amide bonds. The molecule has 0 aliphatic rings. The molecule has 2 aromatic carbocycles. The Hall–Kier alpha value is -2.59. The monoisotopic (exact) mass is 411 g/mol. The average Bonchev–Trinajstić information content (AvgIpc) is 3.08. The van der Waals surface area contributed by atoms with Gasteiger partial charge in [-0.25, -0.2) is 4.39 Å². The van der Waals surface area contributed by atoms with Crippen molar-refractivity contribution >= 4 is 34.1 Å². The number of aromatic nitrogens is 2. The molecule has 0 aliphatic heterocycles. The van der Waals surface area contributed by atoms with Crippen molar-refractivity contribution < 1.29 is 22.7 Å².